The molecule has 0 aromatic heterocycles. The summed E-state index contributed by atoms with van der Waals surface area (Å²) in [5.41, 5.74) is 0.831. The van der Waals surface area contributed by atoms with Gasteiger partial charge in [0.1, 0.15) is 5.75 Å². The highest BCUT2D eigenvalue weighted by molar-refractivity contribution is 5.92. The van der Waals surface area contributed by atoms with E-state index in [-0.39, 0.29) is 11.8 Å². The van der Waals surface area contributed by atoms with E-state index in [1.54, 1.807) is 0 Å². The summed E-state index contributed by atoms with van der Waals surface area (Å²) >= 11 is 0. The number of ether oxygens (including phenoxy) is 1. The summed E-state index contributed by atoms with van der Waals surface area (Å²) in [4.78, 5) is 12.0. The molecule has 3 nitrogen and oxygen atoms in total. The van der Waals surface area contributed by atoms with Gasteiger partial charge in [0.15, 0.2) is 0 Å². The Bertz CT molecular complexity index is 423. The van der Waals surface area contributed by atoms with Crippen molar-refractivity contribution in [3.8, 4) is 5.75 Å². The van der Waals surface area contributed by atoms with Crippen molar-refractivity contribution in [3.05, 3.63) is 36.4 Å². The van der Waals surface area contributed by atoms with Crippen LogP contribution in [0, 0.1) is 5.92 Å². The molecule has 0 bridgehead atoms. The van der Waals surface area contributed by atoms with Crippen LogP contribution in [0.4, 0.5) is 5.69 Å². The molecular weight excluding hydrogens is 226 g/mol. The summed E-state index contributed by atoms with van der Waals surface area (Å²) in [7, 11) is 0. The van der Waals surface area contributed by atoms with Gasteiger partial charge in [0, 0.05) is 11.6 Å². The molecule has 3 heteroatoms. The maximum atomic E-state index is 12.0. The molecule has 1 aromatic rings. The van der Waals surface area contributed by atoms with Gasteiger partial charge in [-0.15, -0.1) is 0 Å². The maximum absolute atomic E-state index is 12.0. The topological polar surface area (TPSA) is 38.3 Å². The zero-order valence-corrected chi connectivity index (χ0v) is 10.7. The highest BCUT2D eigenvalue weighted by atomic mass is 16.5. The lowest BCUT2D eigenvalue weighted by molar-refractivity contribution is -0.120. The van der Waals surface area contributed by atoms with Crippen LogP contribution in [0.5, 0.6) is 5.75 Å². The second-order valence-corrected chi connectivity index (χ2v) is 4.43. The van der Waals surface area contributed by atoms with Crippen LogP contribution >= 0.6 is 0 Å². The zero-order chi connectivity index (χ0) is 12.8. The van der Waals surface area contributed by atoms with Crippen molar-refractivity contribution in [2.45, 2.75) is 26.2 Å². The Labute approximate surface area is 108 Å². The molecule has 0 saturated heterocycles. The number of amides is 1. The van der Waals surface area contributed by atoms with Gasteiger partial charge in [0.25, 0.3) is 0 Å². The molecule has 2 rings (SSSR count). The lowest BCUT2D eigenvalue weighted by Crippen LogP contribution is -2.23. The third-order valence-electron chi connectivity index (χ3n) is 3.07. The minimum absolute atomic E-state index is 0.113. The molecule has 0 spiro atoms. The predicted molar refractivity (Wildman–Crippen MR) is 72.7 cm³/mol. The van der Waals surface area contributed by atoms with E-state index in [9.17, 15) is 4.79 Å². The molecule has 0 saturated carbocycles. The van der Waals surface area contributed by atoms with Crippen LogP contribution in [0.25, 0.3) is 0 Å². The number of rotatable bonds is 4. The van der Waals surface area contributed by atoms with Crippen molar-refractivity contribution in [3.63, 3.8) is 0 Å². The number of benzene rings is 1. The Morgan fingerprint density at radius 1 is 1.33 bits per heavy atom. The van der Waals surface area contributed by atoms with Crippen LogP contribution in [0.15, 0.2) is 36.4 Å². The fraction of sp³-hybridized carbons (Fsp3) is 0.400. The van der Waals surface area contributed by atoms with E-state index in [0.717, 1.165) is 30.7 Å². The van der Waals surface area contributed by atoms with Crippen LogP contribution in [-0.4, -0.2) is 12.5 Å². The van der Waals surface area contributed by atoms with Crippen molar-refractivity contribution >= 4 is 11.6 Å². The van der Waals surface area contributed by atoms with Crippen LogP contribution in [0.1, 0.15) is 26.2 Å². The van der Waals surface area contributed by atoms with Crippen LogP contribution in [0.2, 0.25) is 0 Å². The molecule has 0 radical (unpaired) electrons. The average molecular weight is 245 g/mol. The molecule has 1 amide bonds. The first kappa shape index (κ1) is 12.7. The minimum Gasteiger partial charge on any atom is -0.494 e. The molecule has 1 aliphatic carbocycles. The van der Waals surface area contributed by atoms with Gasteiger partial charge in [-0.1, -0.05) is 12.2 Å². The van der Waals surface area contributed by atoms with Crippen LogP contribution in [-0.2, 0) is 4.79 Å². The molecule has 18 heavy (non-hydrogen) atoms. The number of carbonyl (C=O) groups excluding carboxylic acids is 1. The van der Waals surface area contributed by atoms with Crippen molar-refractivity contribution in [1.29, 1.82) is 0 Å². The molecule has 1 aromatic carbocycles. The van der Waals surface area contributed by atoms with Gasteiger partial charge in [0.2, 0.25) is 5.91 Å². The molecule has 1 aliphatic rings. The van der Waals surface area contributed by atoms with E-state index in [4.69, 9.17) is 4.74 Å². The highest BCUT2D eigenvalue weighted by Gasteiger charge is 2.18. The Balaban J connectivity index is 1.92. The van der Waals surface area contributed by atoms with Gasteiger partial charge in [-0.2, -0.15) is 0 Å². The van der Waals surface area contributed by atoms with Gasteiger partial charge in [-0.05, 0) is 50.5 Å². The van der Waals surface area contributed by atoms with E-state index in [1.165, 1.54) is 0 Å². The standard InChI is InChI=1S/C15H19NO2/c1-2-18-14-10-8-13(9-11-14)16-15(17)12-6-4-3-5-7-12/h3-4,8-12H,2,5-7H2,1H3,(H,16,17)/t12-/m0/s1. The first-order valence-corrected chi connectivity index (χ1v) is 6.48. The number of hydrogen-bond acceptors (Lipinski definition) is 2. The van der Waals surface area contributed by atoms with Gasteiger partial charge < -0.3 is 10.1 Å². The third kappa shape index (κ3) is 3.36. The van der Waals surface area contributed by atoms with E-state index in [2.05, 4.69) is 17.5 Å². The number of carbonyl (C=O) groups is 1. The van der Waals surface area contributed by atoms with Gasteiger partial charge in [0.05, 0.1) is 6.61 Å². The van der Waals surface area contributed by atoms with Gasteiger partial charge in [-0.25, -0.2) is 0 Å². The van der Waals surface area contributed by atoms with Crippen molar-refractivity contribution < 1.29 is 9.53 Å². The summed E-state index contributed by atoms with van der Waals surface area (Å²) in [6.07, 6.45) is 7.02. The number of anilines is 1. The predicted octanol–water partition coefficient (Wildman–Crippen LogP) is 3.38. The molecule has 0 unspecified atom stereocenters. The van der Waals surface area contributed by atoms with Crippen molar-refractivity contribution in [2.75, 3.05) is 11.9 Å². The highest BCUT2D eigenvalue weighted by Crippen LogP contribution is 2.21. The Hall–Kier alpha value is -1.77. The fourth-order valence-electron chi connectivity index (χ4n) is 2.08. The quantitative estimate of drug-likeness (QED) is 0.826. The molecule has 0 heterocycles. The fourth-order valence-corrected chi connectivity index (χ4v) is 2.08. The zero-order valence-electron chi connectivity index (χ0n) is 10.7. The SMILES string of the molecule is CCOc1ccc(NC(=O)[C@H]2CC=CCC2)cc1. The minimum atomic E-state index is 0.113. The normalized spacial score (nSPS) is 18.4. The number of allylic oxidation sites excluding steroid dienone is 2. The van der Waals surface area contributed by atoms with Crippen LogP contribution < -0.4 is 10.1 Å². The number of nitrogens with one attached hydrogen (secondary N) is 1. The molecule has 0 fully saturated rings. The lowest BCUT2D eigenvalue weighted by atomic mass is 9.93. The first-order chi connectivity index (χ1) is 8.79. The first-order valence-electron chi connectivity index (χ1n) is 6.48. The summed E-state index contributed by atoms with van der Waals surface area (Å²) in [6, 6.07) is 7.50. The second-order valence-electron chi connectivity index (χ2n) is 4.43. The lowest BCUT2D eigenvalue weighted by Gasteiger charge is -2.17. The average Bonchev–Trinajstić information content (AvgIpc) is 2.42. The number of hydrogen-bond donors (Lipinski definition) is 1. The Kier molecular flexibility index (Phi) is 4.40. The van der Waals surface area contributed by atoms with E-state index in [0.29, 0.717) is 6.61 Å². The molecule has 1 N–H and O–H groups in total. The summed E-state index contributed by atoms with van der Waals surface area (Å²) in [5.74, 6) is 1.06. The Morgan fingerprint density at radius 3 is 2.72 bits per heavy atom. The summed E-state index contributed by atoms with van der Waals surface area (Å²) in [6.45, 7) is 2.60. The monoisotopic (exact) mass is 245 g/mol. The Morgan fingerprint density at radius 2 is 2.11 bits per heavy atom. The van der Waals surface area contributed by atoms with Gasteiger partial charge in [-0.3, -0.25) is 4.79 Å². The van der Waals surface area contributed by atoms with Gasteiger partial charge >= 0.3 is 0 Å². The van der Waals surface area contributed by atoms with Crippen LogP contribution in [0.3, 0.4) is 0 Å². The van der Waals surface area contributed by atoms with E-state index >= 15 is 0 Å². The molecule has 0 aliphatic heterocycles. The summed E-state index contributed by atoms with van der Waals surface area (Å²) < 4.78 is 5.36. The van der Waals surface area contributed by atoms with E-state index < -0.39 is 0 Å². The molecule has 96 valence electrons. The third-order valence-corrected chi connectivity index (χ3v) is 3.07. The maximum Gasteiger partial charge on any atom is 0.227 e. The second kappa shape index (κ2) is 6.24. The van der Waals surface area contributed by atoms with Crippen molar-refractivity contribution in [1.82, 2.24) is 0 Å². The van der Waals surface area contributed by atoms with E-state index in [1.807, 2.05) is 31.2 Å². The molecule has 1 atom stereocenters. The van der Waals surface area contributed by atoms with Crippen molar-refractivity contribution in [2.24, 2.45) is 5.92 Å². The molecular formula is C15H19NO2. The largest absolute Gasteiger partial charge is 0.494 e. The smallest absolute Gasteiger partial charge is 0.227 e. The summed E-state index contributed by atoms with van der Waals surface area (Å²) in [5, 5.41) is 2.95.